The lowest BCUT2D eigenvalue weighted by atomic mass is 10.1. The van der Waals surface area contributed by atoms with Crippen molar-refractivity contribution in [1.29, 1.82) is 0 Å². The van der Waals surface area contributed by atoms with Crippen LogP contribution in [0.5, 0.6) is 11.5 Å². The SMILES string of the molecule is O=C(O)CCCCCc1ccc(O)cc1.O=C(O)CCCCCc1ccc(O)cc1. The van der Waals surface area contributed by atoms with Gasteiger partial charge in [-0.3, -0.25) is 9.59 Å². The zero-order valence-corrected chi connectivity index (χ0v) is 17.3. The van der Waals surface area contributed by atoms with E-state index in [2.05, 4.69) is 0 Å². The molecule has 0 fully saturated rings. The minimum absolute atomic E-state index is 0.260. The van der Waals surface area contributed by atoms with Gasteiger partial charge in [0, 0.05) is 12.8 Å². The minimum Gasteiger partial charge on any atom is -0.508 e. The third-order valence-electron chi connectivity index (χ3n) is 4.58. The molecule has 0 bridgehead atoms. The molecule has 0 radical (unpaired) electrons. The summed E-state index contributed by atoms with van der Waals surface area (Å²) < 4.78 is 0. The summed E-state index contributed by atoms with van der Waals surface area (Å²) in [5.74, 6) is -0.881. The van der Waals surface area contributed by atoms with E-state index >= 15 is 0 Å². The standard InChI is InChI=1S/2C12H16O3/c2*13-11-8-6-10(7-9-11)4-2-1-3-5-12(14)15/h2*6-9,13H,1-5H2,(H,14,15). The quantitative estimate of drug-likeness (QED) is 0.355. The van der Waals surface area contributed by atoms with Gasteiger partial charge in [-0.15, -0.1) is 0 Å². The molecule has 0 unspecified atom stereocenters. The number of phenolic OH excluding ortho intramolecular Hbond substituents is 2. The van der Waals surface area contributed by atoms with E-state index in [9.17, 15) is 9.59 Å². The third-order valence-corrected chi connectivity index (χ3v) is 4.58. The number of carboxylic acid groups (broad SMARTS) is 2. The van der Waals surface area contributed by atoms with Crippen LogP contribution in [-0.4, -0.2) is 32.4 Å². The Hall–Kier alpha value is -3.02. The molecule has 30 heavy (non-hydrogen) atoms. The van der Waals surface area contributed by atoms with Crippen molar-refractivity contribution in [3.05, 3.63) is 59.7 Å². The molecule has 2 aromatic rings. The van der Waals surface area contributed by atoms with Gasteiger partial charge < -0.3 is 20.4 Å². The second kappa shape index (κ2) is 14.9. The van der Waals surface area contributed by atoms with E-state index in [1.54, 1.807) is 24.3 Å². The molecule has 0 atom stereocenters. The lowest BCUT2D eigenvalue weighted by Gasteiger charge is -2.01. The second-order valence-electron chi connectivity index (χ2n) is 7.24. The maximum absolute atomic E-state index is 10.2. The van der Waals surface area contributed by atoms with Gasteiger partial charge in [0.05, 0.1) is 0 Å². The van der Waals surface area contributed by atoms with Gasteiger partial charge in [0.15, 0.2) is 0 Å². The van der Waals surface area contributed by atoms with Crippen LogP contribution < -0.4 is 0 Å². The highest BCUT2D eigenvalue weighted by atomic mass is 16.4. The normalized spacial score (nSPS) is 10.1. The van der Waals surface area contributed by atoms with Gasteiger partial charge in [-0.05, 0) is 73.9 Å². The lowest BCUT2D eigenvalue weighted by Crippen LogP contribution is -1.94. The summed E-state index contributed by atoms with van der Waals surface area (Å²) in [5.41, 5.74) is 2.37. The molecule has 0 aliphatic heterocycles. The van der Waals surface area contributed by atoms with Crippen LogP contribution in [0, 0.1) is 0 Å². The van der Waals surface area contributed by atoms with Gasteiger partial charge in [-0.1, -0.05) is 37.1 Å². The number of carboxylic acids is 2. The van der Waals surface area contributed by atoms with Crippen molar-refractivity contribution in [2.24, 2.45) is 0 Å². The van der Waals surface area contributed by atoms with Crippen LogP contribution >= 0.6 is 0 Å². The predicted molar refractivity (Wildman–Crippen MR) is 116 cm³/mol. The van der Waals surface area contributed by atoms with Crippen molar-refractivity contribution < 1.29 is 30.0 Å². The van der Waals surface area contributed by atoms with E-state index < -0.39 is 11.9 Å². The molecule has 0 spiro atoms. The number of benzene rings is 2. The molecule has 2 aromatic carbocycles. The summed E-state index contributed by atoms with van der Waals surface area (Å²) >= 11 is 0. The van der Waals surface area contributed by atoms with Crippen LogP contribution in [0.2, 0.25) is 0 Å². The molecule has 0 aromatic heterocycles. The first-order valence-electron chi connectivity index (χ1n) is 10.4. The summed E-state index contributed by atoms with van der Waals surface area (Å²) in [4.78, 5) is 20.5. The van der Waals surface area contributed by atoms with Crippen molar-refractivity contribution in [3.63, 3.8) is 0 Å². The van der Waals surface area contributed by atoms with Crippen molar-refractivity contribution in [1.82, 2.24) is 0 Å². The highest BCUT2D eigenvalue weighted by Crippen LogP contribution is 2.13. The smallest absolute Gasteiger partial charge is 0.303 e. The number of aliphatic carboxylic acids is 2. The van der Waals surface area contributed by atoms with Crippen molar-refractivity contribution in [2.45, 2.75) is 64.2 Å². The molecule has 0 amide bonds. The summed E-state index contributed by atoms with van der Waals surface area (Å²) in [6.45, 7) is 0. The molecule has 164 valence electrons. The molecule has 6 nitrogen and oxygen atoms in total. The molecule has 0 heterocycles. The number of rotatable bonds is 12. The van der Waals surface area contributed by atoms with E-state index in [1.807, 2.05) is 24.3 Å². The Morgan fingerprint density at radius 3 is 1.17 bits per heavy atom. The van der Waals surface area contributed by atoms with Gasteiger partial charge >= 0.3 is 11.9 Å². The topological polar surface area (TPSA) is 115 Å². The molecule has 0 saturated heterocycles. The Kier molecular flexibility index (Phi) is 12.4. The van der Waals surface area contributed by atoms with Crippen molar-refractivity contribution in [2.75, 3.05) is 0 Å². The number of hydrogen-bond donors (Lipinski definition) is 4. The minimum atomic E-state index is -0.723. The molecular formula is C24H32O6. The average Bonchev–Trinajstić information content (AvgIpc) is 2.70. The van der Waals surface area contributed by atoms with Crippen molar-refractivity contribution >= 4 is 11.9 Å². The second-order valence-corrected chi connectivity index (χ2v) is 7.24. The molecular weight excluding hydrogens is 384 g/mol. The van der Waals surface area contributed by atoms with E-state index in [4.69, 9.17) is 20.4 Å². The molecule has 2 rings (SSSR count). The molecule has 6 heteroatoms. The first-order chi connectivity index (χ1) is 14.4. The summed E-state index contributed by atoms with van der Waals surface area (Å²) in [6.07, 6.45) is 7.77. The van der Waals surface area contributed by atoms with Crippen LogP contribution in [0.3, 0.4) is 0 Å². The van der Waals surface area contributed by atoms with E-state index in [1.165, 1.54) is 11.1 Å². The van der Waals surface area contributed by atoms with Gasteiger partial charge in [0.2, 0.25) is 0 Å². The Bertz CT molecular complexity index is 672. The molecule has 0 saturated carbocycles. The number of phenols is 2. The summed E-state index contributed by atoms with van der Waals surface area (Å²) in [5, 5.41) is 35.0. The Morgan fingerprint density at radius 2 is 0.867 bits per heavy atom. The van der Waals surface area contributed by atoms with E-state index in [0.717, 1.165) is 51.4 Å². The van der Waals surface area contributed by atoms with E-state index in [0.29, 0.717) is 0 Å². The first kappa shape index (κ1) is 25.0. The van der Waals surface area contributed by atoms with Gasteiger partial charge in [0.1, 0.15) is 11.5 Å². The monoisotopic (exact) mass is 416 g/mol. The fourth-order valence-corrected chi connectivity index (χ4v) is 2.89. The third kappa shape index (κ3) is 13.2. The first-order valence-corrected chi connectivity index (χ1v) is 10.4. The van der Waals surface area contributed by atoms with Gasteiger partial charge in [-0.2, -0.15) is 0 Å². The highest BCUT2D eigenvalue weighted by Gasteiger charge is 1.98. The van der Waals surface area contributed by atoms with E-state index in [-0.39, 0.29) is 24.3 Å². The zero-order chi connectivity index (χ0) is 22.2. The van der Waals surface area contributed by atoms with Crippen molar-refractivity contribution in [3.8, 4) is 11.5 Å². The number of hydrogen-bond acceptors (Lipinski definition) is 4. The lowest BCUT2D eigenvalue weighted by molar-refractivity contribution is -0.138. The van der Waals surface area contributed by atoms with Gasteiger partial charge in [-0.25, -0.2) is 0 Å². The number of aryl methyl sites for hydroxylation is 2. The maximum atomic E-state index is 10.2. The number of aromatic hydroxyl groups is 2. The largest absolute Gasteiger partial charge is 0.508 e. The maximum Gasteiger partial charge on any atom is 0.303 e. The van der Waals surface area contributed by atoms with Crippen LogP contribution in [0.15, 0.2) is 48.5 Å². The average molecular weight is 417 g/mol. The number of unbranched alkanes of at least 4 members (excludes halogenated alkanes) is 4. The Labute approximate surface area is 177 Å². The van der Waals surface area contributed by atoms with Crippen LogP contribution in [0.4, 0.5) is 0 Å². The molecule has 0 aliphatic carbocycles. The van der Waals surface area contributed by atoms with Crippen LogP contribution in [0.1, 0.15) is 62.5 Å². The highest BCUT2D eigenvalue weighted by molar-refractivity contribution is 5.66. The van der Waals surface area contributed by atoms with Crippen LogP contribution in [-0.2, 0) is 22.4 Å². The fraction of sp³-hybridized carbons (Fsp3) is 0.417. The predicted octanol–water partition coefficient (Wildman–Crippen LogP) is 5.16. The summed E-state index contributed by atoms with van der Waals surface area (Å²) in [6, 6.07) is 14.3. The van der Waals surface area contributed by atoms with Crippen LogP contribution in [0.25, 0.3) is 0 Å². The molecule has 0 aliphatic rings. The number of carbonyl (C=O) groups is 2. The Morgan fingerprint density at radius 1 is 0.533 bits per heavy atom. The zero-order valence-electron chi connectivity index (χ0n) is 17.3. The Balaban J connectivity index is 0.000000300. The summed E-state index contributed by atoms with van der Waals surface area (Å²) in [7, 11) is 0. The fourth-order valence-electron chi connectivity index (χ4n) is 2.89. The molecule has 4 N–H and O–H groups in total. The van der Waals surface area contributed by atoms with Gasteiger partial charge in [0.25, 0.3) is 0 Å².